The molecular weight excluding hydrogens is 562 g/mol. The van der Waals surface area contributed by atoms with Gasteiger partial charge in [-0.05, 0) is 48.0 Å². The zero-order valence-electron chi connectivity index (χ0n) is 24.8. The van der Waals surface area contributed by atoms with Crippen LogP contribution in [0.25, 0.3) is 78.1 Å². The van der Waals surface area contributed by atoms with Crippen LogP contribution < -0.4 is 0 Å². The average Bonchev–Trinajstić information content (AvgIpc) is 3.69. The van der Waals surface area contributed by atoms with E-state index in [2.05, 4.69) is 125 Å². The number of benzene rings is 5. The van der Waals surface area contributed by atoms with Crippen LogP contribution >= 0.6 is 0 Å². The zero-order valence-corrected chi connectivity index (χ0v) is 24.8. The lowest BCUT2D eigenvalue weighted by Gasteiger charge is -2.12. The zero-order chi connectivity index (χ0) is 30.5. The second-order valence-electron chi connectivity index (χ2n) is 11.3. The van der Waals surface area contributed by atoms with E-state index in [0.717, 1.165) is 72.2 Å². The molecule has 0 fully saturated rings. The van der Waals surface area contributed by atoms with Crippen LogP contribution in [0, 0.1) is 0 Å². The number of hydrogen-bond donors (Lipinski definition) is 0. The highest BCUT2D eigenvalue weighted by molar-refractivity contribution is 6.21. The second kappa shape index (κ2) is 10.7. The Hall–Kier alpha value is -6.33. The third kappa shape index (κ3) is 4.21. The third-order valence-corrected chi connectivity index (χ3v) is 8.62. The second-order valence-corrected chi connectivity index (χ2v) is 11.3. The van der Waals surface area contributed by atoms with Gasteiger partial charge in [-0.3, -0.25) is 9.55 Å². The molecule has 4 heterocycles. The normalized spacial score (nSPS) is 11.5. The maximum Gasteiger partial charge on any atom is 0.235 e. The molecule has 0 spiro atoms. The van der Waals surface area contributed by atoms with Crippen molar-refractivity contribution in [2.75, 3.05) is 0 Å². The molecule has 0 radical (unpaired) electrons. The Kier molecular flexibility index (Phi) is 6.06. The van der Waals surface area contributed by atoms with Crippen molar-refractivity contribution in [3.8, 4) is 45.3 Å². The van der Waals surface area contributed by atoms with Gasteiger partial charge in [0.05, 0.1) is 33.5 Å². The summed E-state index contributed by atoms with van der Waals surface area (Å²) in [5, 5.41) is 2.18. The minimum absolute atomic E-state index is 0.604. The summed E-state index contributed by atoms with van der Waals surface area (Å²) in [4.78, 5) is 15.4. The van der Waals surface area contributed by atoms with Crippen LogP contribution in [-0.2, 0) is 0 Å². The van der Waals surface area contributed by atoms with E-state index in [9.17, 15) is 0 Å². The predicted octanol–water partition coefficient (Wildman–Crippen LogP) is 9.91. The van der Waals surface area contributed by atoms with Gasteiger partial charge in [0.15, 0.2) is 0 Å². The maximum absolute atomic E-state index is 5.26. The monoisotopic (exact) mass is 589 g/mol. The topological polar surface area (TPSA) is 48.5 Å². The van der Waals surface area contributed by atoms with Gasteiger partial charge in [-0.15, -0.1) is 0 Å². The van der Waals surface area contributed by atoms with Gasteiger partial charge in [-0.25, -0.2) is 9.97 Å². The van der Waals surface area contributed by atoms with Crippen LogP contribution in [0.3, 0.4) is 0 Å². The van der Waals surface area contributed by atoms with Crippen molar-refractivity contribution in [1.82, 2.24) is 24.1 Å². The third-order valence-electron chi connectivity index (χ3n) is 8.62. The highest BCUT2D eigenvalue weighted by Gasteiger charge is 2.23. The fourth-order valence-corrected chi connectivity index (χ4v) is 6.53. The molecule has 46 heavy (non-hydrogen) atoms. The Bertz CT molecular complexity index is 2440. The first kappa shape index (κ1) is 26.1. The van der Waals surface area contributed by atoms with E-state index >= 15 is 0 Å². The Balaban J connectivity index is 1.44. The molecule has 5 aromatic carbocycles. The minimum atomic E-state index is 0.604. The molecule has 0 saturated carbocycles. The first-order valence-corrected chi connectivity index (χ1v) is 15.4. The quantitative estimate of drug-likeness (QED) is 0.201. The van der Waals surface area contributed by atoms with Crippen molar-refractivity contribution in [1.29, 1.82) is 0 Å². The highest BCUT2D eigenvalue weighted by atomic mass is 15.2. The lowest BCUT2D eigenvalue weighted by molar-refractivity contribution is 0.997. The van der Waals surface area contributed by atoms with Crippen LogP contribution in [-0.4, -0.2) is 24.1 Å². The molecule has 0 N–H and O–H groups in total. The molecule has 0 atom stereocenters. The van der Waals surface area contributed by atoms with E-state index in [1.54, 1.807) is 0 Å². The molecule has 0 aliphatic carbocycles. The SMILES string of the molecule is c1ccc(-c2cc(-c3ccccc3)nc(-n3c4cccnc4c4ccc5c(c(-c6ccccc6)cn5-c5ccccc5)c43)n2)cc1. The first-order valence-electron chi connectivity index (χ1n) is 15.4. The van der Waals surface area contributed by atoms with Gasteiger partial charge in [-0.2, -0.15) is 0 Å². The van der Waals surface area contributed by atoms with Gasteiger partial charge in [0, 0.05) is 45.5 Å². The van der Waals surface area contributed by atoms with E-state index in [1.165, 1.54) is 0 Å². The van der Waals surface area contributed by atoms with Gasteiger partial charge >= 0.3 is 0 Å². The van der Waals surface area contributed by atoms with Gasteiger partial charge in [-0.1, -0.05) is 109 Å². The number of para-hydroxylation sites is 1. The molecule has 5 heteroatoms. The summed E-state index contributed by atoms with van der Waals surface area (Å²) in [5.74, 6) is 0.604. The van der Waals surface area contributed by atoms with Gasteiger partial charge in [0.1, 0.15) is 0 Å². The van der Waals surface area contributed by atoms with Crippen molar-refractivity contribution >= 4 is 32.8 Å². The summed E-state index contributed by atoms with van der Waals surface area (Å²) in [5.41, 5.74) is 11.2. The molecule has 0 amide bonds. The lowest BCUT2D eigenvalue weighted by Crippen LogP contribution is -2.04. The van der Waals surface area contributed by atoms with Crippen LogP contribution in [0.15, 0.2) is 164 Å². The first-order chi connectivity index (χ1) is 22.8. The number of fused-ring (bicyclic) bond motifs is 5. The molecular formula is C41H27N5. The predicted molar refractivity (Wildman–Crippen MR) is 187 cm³/mol. The van der Waals surface area contributed by atoms with E-state index in [0.29, 0.717) is 5.95 Å². The largest absolute Gasteiger partial charge is 0.316 e. The van der Waals surface area contributed by atoms with Crippen LogP contribution in [0.4, 0.5) is 0 Å². The van der Waals surface area contributed by atoms with E-state index in [4.69, 9.17) is 15.0 Å². The molecule has 4 aromatic heterocycles. The van der Waals surface area contributed by atoms with Gasteiger partial charge in [0.25, 0.3) is 0 Å². The van der Waals surface area contributed by atoms with Crippen molar-refractivity contribution in [3.63, 3.8) is 0 Å². The number of nitrogens with zero attached hydrogens (tertiary/aromatic N) is 5. The van der Waals surface area contributed by atoms with E-state index in [-0.39, 0.29) is 0 Å². The molecule has 9 aromatic rings. The molecule has 0 saturated heterocycles. The van der Waals surface area contributed by atoms with Crippen molar-refractivity contribution < 1.29 is 0 Å². The highest BCUT2D eigenvalue weighted by Crippen LogP contribution is 2.42. The number of pyridine rings is 1. The van der Waals surface area contributed by atoms with Crippen LogP contribution in [0.2, 0.25) is 0 Å². The fraction of sp³-hybridized carbons (Fsp3) is 0. The van der Waals surface area contributed by atoms with Crippen LogP contribution in [0.1, 0.15) is 0 Å². The van der Waals surface area contributed by atoms with Crippen LogP contribution in [0.5, 0.6) is 0 Å². The fourth-order valence-electron chi connectivity index (χ4n) is 6.53. The standard InChI is InChI=1S/C41H27N5/c1-5-14-28(15-6-1)33-27-45(31-20-11-4-12-21-31)36-24-23-32-39-37(22-13-25-42-39)46(40(32)38(33)36)41-43-34(29-16-7-2-8-17-29)26-35(44-41)30-18-9-3-10-19-30/h1-27H. The Morgan fingerprint density at radius 3 is 1.72 bits per heavy atom. The summed E-state index contributed by atoms with van der Waals surface area (Å²) in [6, 6.07) is 52.3. The van der Waals surface area contributed by atoms with Gasteiger partial charge < -0.3 is 4.57 Å². The smallest absolute Gasteiger partial charge is 0.235 e. The molecule has 0 unspecified atom stereocenters. The van der Waals surface area contributed by atoms with Crippen molar-refractivity contribution in [2.24, 2.45) is 0 Å². The Morgan fingerprint density at radius 2 is 1.09 bits per heavy atom. The molecule has 0 aliphatic rings. The summed E-state index contributed by atoms with van der Waals surface area (Å²) in [6.45, 7) is 0. The van der Waals surface area contributed by atoms with E-state index < -0.39 is 0 Å². The summed E-state index contributed by atoms with van der Waals surface area (Å²) in [7, 11) is 0. The number of aromatic nitrogens is 5. The number of hydrogen-bond acceptors (Lipinski definition) is 3. The average molecular weight is 590 g/mol. The molecule has 0 bridgehead atoms. The summed E-state index contributed by atoms with van der Waals surface area (Å²) >= 11 is 0. The van der Waals surface area contributed by atoms with Crippen molar-refractivity contribution in [3.05, 3.63) is 164 Å². The number of rotatable bonds is 5. The maximum atomic E-state index is 5.26. The van der Waals surface area contributed by atoms with Crippen molar-refractivity contribution in [2.45, 2.75) is 0 Å². The van der Waals surface area contributed by atoms with Gasteiger partial charge in [0.2, 0.25) is 5.95 Å². The summed E-state index contributed by atoms with van der Waals surface area (Å²) < 4.78 is 4.49. The molecule has 9 rings (SSSR count). The molecule has 5 nitrogen and oxygen atoms in total. The van der Waals surface area contributed by atoms with E-state index in [1.807, 2.05) is 48.7 Å². The Labute approximate surface area is 265 Å². The lowest BCUT2D eigenvalue weighted by atomic mass is 10.0. The minimum Gasteiger partial charge on any atom is -0.316 e. The Morgan fingerprint density at radius 1 is 0.500 bits per heavy atom. The summed E-state index contributed by atoms with van der Waals surface area (Å²) in [6.07, 6.45) is 4.11. The molecule has 0 aliphatic heterocycles. The molecule has 216 valence electrons.